The Hall–Kier alpha value is -1.55. The molecule has 0 spiro atoms. The maximum Gasteiger partial charge on any atom is 0.437 e. The van der Waals surface area contributed by atoms with Crippen LogP contribution in [0.25, 0.3) is 0 Å². The lowest BCUT2D eigenvalue weighted by Gasteiger charge is -2.00. The summed E-state index contributed by atoms with van der Waals surface area (Å²) >= 11 is 5.54. The van der Waals surface area contributed by atoms with Gasteiger partial charge >= 0.3 is 5.76 Å². The highest BCUT2D eigenvalue weighted by Gasteiger charge is 2.06. The fraction of sp³-hybridized carbons (Fsp3) is 0.333. The predicted molar refractivity (Wildman–Crippen MR) is 65.2 cm³/mol. The van der Waals surface area contributed by atoms with E-state index in [1.807, 2.05) is 31.2 Å². The molecule has 0 aliphatic rings. The van der Waals surface area contributed by atoms with Crippen LogP contribution in [0.4, 0.5) is 0 Å². The van der Waals surface area contributed by atoms with E-state index in [-0.39, 0.29) is 11.8 Å². The second-order valence-corrected chi connectivity index (χ2v) is 4.12. The molecule has 1 heterocycles. The van der Waals surface area contributed by atoms with Gasteiger partial charge < -0.3 is 4.42 Å². The fourth-order valence-corrected chi connectivity index (χ4v) is 1.64. The molecule has 90 valence electrons. The largest absolute Gasteiger partial charge is 0.437 e. The molecule has 0 aliphatic carbocycles. The molecule has 1 aromatic heterocycles. The van der Waals surface area contributed by atoms with Gasteiger partial charge in [0.15, 0.2) is 0 Å². The van der Waals surface area contributed by atoms with E-state index >= 15 is 0 Å². The Morgan fingerprint density at radius 1 is 1.35 bits per heavy atom. The number of rotatable bonds is 4. The van der Waals surface area contributed by atoms with Crippen LogP contribution >= 0.6 is 11.6 Å². The van der Waals surface area contributed by atoms with Crippen LogP contribution in [0.15, 0.2) is 33.5 Å². The van der Waals surface area contributed by atoms with Gasteiger partial charge in [-0.3, -0.25) is 0 Å². The molecular formula is C12H13ClN2O2. The lowest BCUT2D eigenvalue weighted by atomic mass is 10.1. The van der Waals surface area contributed by atoms with Crippen molar-refractivity contribution in [1.82, 2.24) is 9.78 Å². The third kappa shape index (κ3) is 2.97. The monoisotopic (exact) mass is 252 g/mol. The number of benzene rings is 1. The first-order valence-electron chi connectivity index (χ1n) is 5.37. The molecule has 5 heteroatoms. The van der Waals surface area contributed by atoms with Crippen molar-refractivity contribution < 1.29 is 4.42 Å². The molecule has 0 saturated heterocycles. The molecule has 4 nitrogen and oxygen atoms in total. The van der Waals surface area contributed by atoms with Crippen LogP contribution in [0.5, 0.6) is 0 Å². The summed E-state index contributed by atoms with van der Waals surface area (Å²) in [6, 6.07) is 8.18. The van der Waals surface area contributed by atoms with Gasteiger partial charge in [0, 0.05) is 0 Å². The third-order valence-corrected chi connectivity index (χ3v) is 2.72. The number of nitrogens with zero attached hydrogens (tertiary/aromatic N) is 2. The van der Waals surface area contributed by atoms with Gasteiger partial charge in [0.1, 0.15) is 5.88 Å². The van der Waals surface area contributed by atoms with E-state index in [1.165, 1.54) is 10.2 Å². The zero-order chi connectivity index (χ0) is 12.3. The third-order valence-electron chi connectivity index (χ3n) is 2.50. The van der Waals surface area contributed by atoms with Crippen LogP contribution in [0, 0.1) is 6.92 Å². The molecule has 0 bridgehead atoms. The number of hydrogen-bond donors (Lipinski definition) is 0. The average molecular weight is 253 g/mol. The van der Waals surface area contributed by atoms with Crippen molar-refractivity contribution in [3.05, 3.63) is 51.8 Å². The van der Waals surface area contributed by atoms with E-state index in [4.69, 9.17) is 16.0 Å². The first-order chi connectivity index (χ1) is 8.19. The van der Waals surface area contributed by atoms with E-state index in [0.717, 1.165) is 12.0 Å². The van der Waals surface area contributed by atoms with Gasteiger partial charge in [-0.05, 0) is 18.9 Å². The highest BCUT2D eigenvalue weighted by molar-refractivity contribution is 6.16. The smallest absolute Gasteiger partial charge is 0.391 e. The number of aryl methyl sites for hydroxylation is 3. The fourth-order valence-electron chi connectivity index (χ4n) is 1.53. The Kier molecular flexibility index (Phi) is 3.64. The van der Waals surface area contributed by atoms with Crippen LogP contribution in [-0.4, -0.2) is 9.78 Å². The summed E-state index contributed by atoms with van der Waals surface area (Å²) in [5.41, 5.74) is 2.38. The van der Waals surface area contributed by atoms with E-state index < -0.39 is 5.76 Å². The maximum absolute atomic E-state index is 11.3. The minimum atomic E-state index is -0.451. The van der Waals surface area contributed by atoms with E-state index in [9.17, 15) is 4.79 Å². The molecule has 2 aromatic rings. The van der Waals surface area contributed by atoms with Crippen molar-refractivity contribution in [3.63, 3.8) is 0 Å². The normalized spacial score (nSPS) is 10.7. The molecule has 0 aliphatic heterocycles. The SMILES string of the molecule is Cc1ccc(CCn2nc(CCl)oc2=O)cc1. The predicted octanol–water partition coefficient (Wildman–Crippen LogP) is 2.13. The number of halogens is 1. The number of hydrogen-bond acceptors (Lipinski definition) is 3. The quantitative estimate of drug-likeness (QED) is 0.784. The Bertz CT molecular complexity index is 542. The summed E-state index contributed by atoms with van der Waals surface area (Å²) in [4.78, 5) is 11.3. The molecule has 2 rings (SSSR count). The zero-order valence-corrected chi connectivity index (χ0v) is 10.3. The summed E-state index contributed by atoms with van der Waals surface area (Å²) in [6.07, 6.45) is 0.744. The van der Waals surface area contributed by atoms with E-state index in [0.29, 0.717) is 6.54 Å². The average Bonchev–Trinajstić information content (AvgIpc) is 2.69. The van der Waals surface area contributed by atoms with Crippen molar-refractivity contribution in [3.8, 4) is 0 Å². The van der Waals surface area contributed by atoms with Crippen LogP contribution in [0.1, 0.15) is 17.0 Å². The van der Waals surface area contributed by atoms with Crippen molar-refractivity contribution >= 4 is 11.6 Å². The minimum absolute atomic E-state index is 0.118. The first kappa shape index (κ1) is 11.9. The van der Waals surface area contributed by atoms with E-state index in [2.05, 4.69) is 5.10 Å². The topological polar surface area (TPSA) is 48.0 Å². The van der Waals surface area contributed by atoms with Crippen LogP contribution < -0.4 is 5.76 Å². The van der Waals surface area contributed by atoms with E-state index in [1.54, 1.807) is 0 Å². The van der Waals surface area contributed by atoms with Crippen molar-refractivity contribution in [2.75, 3.05) is 0 Å². The summed E-state index contributed by atoms with van der Waals surface area (Å²) in [5, 5.41) is 3.97. The van der Waals surface area contributed by atoms with Crippen molar-refractivity contribution in [2.45, 2.75) is 25.8 Å². The minimum Gasteiger partial charge on any atom is -0.391 e. The van der Waals surface area contributed by atoms with Gasteiger partial charge in [-0.1, -0.05) is 29.8 Å². The molecule has 0 saturated carbocycles. The van der Waals surface area contributed by atoms with Gasteiger partial charge in [0.05, 0.1) is 6.54 Å². The molecule has 0 unspecified atom stereocenters. The van der Waals surface area contributed by atoms with Crippen molar-refractivity contribution in [2.24, 2.45) is 0 Å². The molecule has 0 amide bonds. The lowest BCUT2D eigenvalue weighted by molar-refractivity contribution is 0.456. The Morgan fingerprint density at radius 3 is 2.65 bits per heavy atom. The zero-order valence-electron chi connectivity index (χ0n) is 9.52. The molecular weight excluding hydrogens is 240 g/mol. The molecule has 0 N–H and O–H groups in total. The second kappa shape index (κ2) is 5.19. The maximum atomic E-state index is 11.3. The van der Waals surface area contributed by atoms with Gasteiger partial charge in [0.2, 0.25) is 5.89 Å². The molecule has 0 fully saturated rings. The van der Waals surface area contributed by atoms with Gasteiger partial charge in [-0.2, -0.15) is 4.68 Å². The molecule has 0 atom stereocenters. The van der Waals surface area contributed by atoms with Gasteiger partial charge in [-0.15, -0.1) is 16.7 Å². The Labute approximate surface area is 104 Å². The summed E-state index contributed by atoms with van der Waals surface area (Å²) in [7, 11) is 0. The molecule has 17 heavy (non-hydrogen) atoms. The molecule has 0 radical (unpaired) electrons. The van der Waals surface area contributed by atoms with Crippen molar-refractivity contribution in [1.29, 1.82) is 0 Å². The Balaban J connectivity index is 2.04. The van der Waals surface area contributed by atoms with Gasteiger partial charge in [0.25, 0.3) is 0 Å². The van der Waals surface area contributed by atoms with Gasteiger partial charge in [-0.25, -0.2) is 4.79 Å². The standard InChI is InChI=1S/C12H13ClN2O2/c1-9-2-4-10(5-3-9)6-7-15-12(16)17-11(8-13)14-15/h2-5H,6-8H2,1H3. The highest BCUT2D eigenvalue weighted by atomic mass is 35.5. The lowest BCUT2D eigenvalue weighted by Crippen LogP contribution is -2.17. The number of alkyl halides is 1. The molecule has 1 aromatic carbocycles. The van der Waals surface area contributed by atoms with Crippen LogP contribution in [0.2, 0.25) is 0 Å². The van der Waals surface area contributed by atoms with Crippen LogP contribution in [-0.2, 0) is 18.8 Å². The highest BCUT2D eigenvalue weighted by Crippen LogP contribution is 2.04. The summed E-state index contributed by atoms with van der Waals surface area (Å²) in [5.74, 6) is -0.0689. The summed E-state index contributed by atoms with van der Waals surface area (Å²) in [6.45, 7) is 2.54. The first-order valence-corrected chi connectivity index (χ1v) is 5.91. The Morgan fingerprint density at radius 2 is 2.06 bits per heavy atom. The second-order valence-electron chi connectivity index (χ2n) is 3.85. The summed E-state index contributed by atoms with van der Waals surface area (Å²) < 4.78 is 6.14. The van der Waals surface area contributed by atoms with Crippen LogP contribution in [0.3, 0.4) is 0 Å². The number of aromatic nitrogens is 2.